The number of fused-ring (bicyclic) bond motifs is 1. The van der Waals surface area contributed by atoms with Crippen LogP contribution >= 0.6 is 11.3 Å². The SMILES string of the molecule is OCC[NH+]1CC[NH+]([C@@H](c2ccco2)c2sc3ncnn3c2O)CC1. The highest BCUT2D eigenvalue weighted by Crippen LogP contribution is 2.34. The Hall–Kier alpha value is -1.94. The molecule has 0 aliphatic carbocycles. The molecule has 3 aromatic rings. The molecule has 24 heavy (non-hydrogen) atoms. The summed E-state index contributed by atoms with van der Waals surface area (Å²) >= 11 is 1.45. The third kappa shape index (κ3) is 2.69. The van der Waals surface area contributed by atoms with Gasteiger partial charge in [0.05, 0.1) is 12.9 Å². The second-order valence-electron chi connectivity index (χ2n) is 6.07. The summed E-state index contributed by atoms with van der Waals surface area (Å²) in [5.41, 5.74) is 0. The molecule has 4 rings (SSSR count). The standard InChI is InChI=1S/C15H19N5O3S/c21-8-7-18-3-5-19(6-4-18)12(11-2-1-9-23-11)13-14(22)20-15(24-13)16-10-17-20/h1-2,9-10,12,21-22H,3-8H2/p+2/t12-/m0/s1. The van der Waals surface area contributed by atoms with E-state index in [0.717, 1.165) is 43.4 Å². The molecule has 0 unspecified atom stereocenters. The largest absolute Gasteiger partial charge is 0.492 e. The lowest BCUT2D eigenvalue weighted by molar-refractivity contribution is -1.02. The lowest BCUT2D eigenvalue weighted by Gasteiger charge is -2.33. The van der Waals surface area contributed by atoms with E-state index in [4.69, 9.17) is 9.52 Å². The first-order valence-corrected chi connectivity index (χ1v) is 8.93. The number of aromatic nitrogens is 3. The Morgan fingerprint density at radius 3 is 2.83 bits per heavy atom. The van der Waals surface area contributed by atoms with Gasteiger partial charge >= 0.3 is 0 Å². The molecule has 0 bridgehead atoms. The van der Waals surface area contributed by atoms with E-state index in [2.05, 4.69) is 10.1 Å². The van der Waals surface area contributed by atoms with Crippen LogP contribution in [0, 0.1) is 0 Å². The maximum atomic E-state index is 10.6. The number of nitrogens with zero attached hydrogens (tertiary/aromatic N) is 3. The summed E-state index contributed by atoms with van der Waals surface area (Å²) in [7, 11) is 0. The highest BCUT2D eigenvalue weighted by atomic mass is 32.1. The van der Waals surface area contributed by atoms with E-state index in [1.807, 2.05) is 12.1 Å². The van der Waals surface area contributed by atoms with Crippen LogP contribution in [0.3, 0.4) is 0 Å². The maximum Gasteiger partial charge on any atom is 0.235 e. The molecule has 1 atom stereocenters. The smallest absolute Gasteiger partial charge is 0.235 e. The average Bonchev–Trinajstić information content (AvgIpc) is 3.31. The Balaban J connectivity index is 1.66. The van der Waals surface area contributed by atoms with Crippen molar-refractivity contribution in [3.8, 4) is 5.88 Å². The van der Waals surface area contributed by atoms with Crippen molar-refractivity contribution >= 4 is 16.3 Å². The van der Waals surface area contributed by atoms with E-state index >= 15 is 0 Å². The van der Waals surface area contributed by atoms with Crippen LogP contribution in [-0.2, 0) is 0 Å². The van der Waals surface area contributed by atoms with Crippen molar-refractivity contribution in [2.45, 2.75) is 6.04 Å². The molecule has 0 spiro atoms. The number of hydrogen-bond donors (Lipinski definition) is 4. The van der Waals surface area contributed by atoms with Crippen LogP contribution in [0.2, 0.25) is 0 Å². The average molecular weight is 351 g/mol. The second kappa shape index (κ2) is 6.52. The van der Waals surface area contributed by atoms with Gasteiger partial charge in [0.15, 0.2) is 11.8 Å². The number of quaternary nitrogens is 2. The fraction of sp³-hybridized carbons (Fsp3) is 0.467. The van der Waals surface area contributed by atoms with E-state index in [-0.39, 0.29) is 18.5 Å². The van der Waals surface area contributed by atoms with E-state index in [1.54, 1.807) is 6.26 Å². The molecule has 1 saturated heterocycles. The molecule has 3 aromatic heterocycles. The quantitative estimate of drug-likeness (QED) is 0.425. The molecule has 0 amide bonds. The Morgan fingerprint density at radius 2 is 2.17 bits per heavy atom. The fourth-order valence-electron chi connectivity index (χ4n) is 3.47. The third-order valence-electron chi connectivity index (χ3n) is 4.70. The minimum Gasteiger partial charge on any atom is -0.492 e. The van der Waals surface area contributed by atoms with Gasteiger partial charge in [-0.15, -0.1) is 0 Å². The molecule has 1 aliphatic rings. The predicted molar refractivity (Wildman–Crippen MR) is 86.4 cm³/mol. The summed E-state index contributed by atoms with van der Waals surface area (Å²) in [5.74, 6) is 0.988. The summed E-state index contributed by atoms with van der Waals surface area (Å²) in [6.45, 7) is 4.91. The van der Waals surface area contributed by atoms with E-state index in [0.29, 0.717) is 4.96 Å². The Morgan fingerprint density at radius 1 is 1.33 bits per heavy atom. The molecule has 1 aliphatic heterocycles. The Kier molecular flexibility index (Phi) is 4.23. The van der Waals surface area contributed by atoms with Crippen LogP contribution in [0.25, 0.3) is 4.96 Å². The van der Waals surface area contributed by atoms with Crippen molar-refractivity contribution < 1.29 is 24.4 Å². The minimum absolute atomic E-state index is 0.0656. The summed E-state index contributed by atoms with van der Waals surface area (Å²) in [6, 6.07) is 3.77. The van der Waals surface area contributed by atoms with E-state index in [9.17, 15) is 5.11 Å². The summed E-state index contributed by atoms with van der Waals surface area (Å²) in [6.07, 6.45) is 3.12. The zero-order valence-corrected chi connectivity index (χ0v) is 14.0. The van der Waals surface area contributed by atoms with Gasteiger partial charge in [-0.05, 0) is 12.1 Å². The molecule has 8 nitrogen and oxygen atoms in total. The maximum absolute atomic E-state index is 10.6. The van der Waals surface area contributed by atoms with Gasteiger partial charge in [0.25, 0.3) is 0 Å². The molecule has 4 heterocycles. The molecule has 0 radical (unpaired) electrons. The van der Waals surface area contributed by atoms with Crippen LogP contribution < -0.4 is 9.80 Å². The monoisotopic (exact) mass is 351 g/mol. The van der Waals surface area contributed by atoms with Crippen molar-refractivity contribution in [2.75, 3.05) is 39.3 Å². The first-order chi connectivity index (χ1) is 11.8. The molecule has 1 fully saturated rings. The molecule has 4 N–H and O–H groups in total. The predicted octanol–water partition coefficient (Wildman–Crippen LogP) is -2.05. The van der Waals surface area contributed by atoms with Crippen LogP contribution in [0.4, 0.5) is 0 Å². The van der Waals surface area contributed by atoms with Crippen molar-refractivity contribution in [1.82, 2.24) is 14.6 Å². The lowest BCUT2D eigenvalue weighted by atomic mass is 10.1. The van der Waals surface area contributed by atoms with Crippen LogP contribution in [-0.4, -0.2) is 64.1 Å². The summed E-state index contributed by atoms with van der Waals surface area (Å²) in [5, 5.41) is 23.8. The first kappa shape index (κ1) is 15.6. The highest BCUT2D eigenvalue weighted by Gasteiger charge is 2.37. The Bertz CT molecular complexity index is 791. The molecular formula is C15H21N5O3S+2. The number of aliphatic hydroxyl groups excluding tert-OH is 1. The van der Waals surface area contributed by atoms with Crippen LogP contribution in [0.15, 0.2) is 29.1 Å². The van der Waals surface area contributed by atoms with Gasteiger partial charge in [-0.1, -0.05) is 11.3 Å². The van der Waals surface area contributed by atoms with Crippen molar-refractivity contribution in [1.29, 1.82) is 0 Å². The summed E-state index contributed by atoms with van der Waals surface area (Å²) < 4.78 is 7.16. The minimum atomic E-state index is -0.0656. The van der Waals surface area contributed by atoms with Crippen LogP contribution in [0.5, 0.6) is 5.88 Å². The van der Waals surface area contributed by atoms with Gasteiger partial charge in [-0.3, -0.25) is 0 Å². The number of aliphatic hydroxyl groups is 1. The lowest BCUT2D eigenvalue weighted by Crippen LogP contribution is -3.28. The molecule has 0 aromatic carbocycles. The number of rotatable bonds is 5. The zero-order valence-electron chi connectivity index (χ0n) is 13.2. The topological polar surface area (TPSA) is 92.7 Å². The number of piperazine rings is 1. The molecular weight excluding hydrogens is 330 g/mol. The van der Waals surface area contributed by atoms with Gasteiger partial charge < -0.3 is 24.4 Å². The second-order valence-corrected chi connectivity index (χ2v) is 7.08. The van der Waals surface area contributed by atoms with Gasteiger partial charge in [-0.25, -0.2) is 4.98 Å². The van der Waals surface area contributed by atoms with Gasteiger partial charge in [0, 0.05) is 0 Å². The van der Waals surface area contributed by atoms with E-state index < -0.39 is 0 Å². The molecule has 9 heteroatoms. The fourth-order valence-corrected chi connectivity index (χ4v) is 4.57. The summed E-state index contributed by atoms with van der Waals surface area (Å²) in [4.78, 5) is 8.48. The number of hydrogen-bond acceptors (Lipinski definition) is 6. The highest BCUT2D eigenvalue weighted by molar-refractivity contribution is 7.17. The van der Waals surface area contributed by atoms with Gasteiger partial charge in [-0.2, -0.15) is 9.61 Å². The number of furan rings is 1. The van der Waals surface area contributed by atoms with Crippen molar-refractivity contribution in [2.24, 2.45) is 0 Å². The third-order valence-corrected chi connectivity index (χ3v) is 5.80. The number of aromatic hydroxyl groups is 1. The zero-order chi connectivity index (χ0) is 16.5. The van der Waals surface area contributed by atoms with E-state index in [1.165, 1.54) is 32.0 Å². The van der Waals surface area contributed by atoms with Gasteiger partial charge in [0.1, 0.15) is 43.9 Å². The number of thiazole rings is 1. The first-order valence-electron chi connectivity index (χ1n) is 8.11. The van der Waals surface area contributed by atoms with Gasteiger partial charge in [0.2, 0.25) is 10.8 Å². The molecule has 0 saturated carbocycles. The van der Waals surface area contributed by atoms with Crippen LogP contribution in [0.1, 0.15) is 16.7 Å². The normalized spacial score (nSPS) is 22.9. The van der Waals surface area contributed by atoms with Crippen molar-refractivity contribution in [3.63, 3.8) is 0 Å². The van der Waals surface area contributed by atoms with Crippen molar-refractivity contribution in [3.05, 3.63) is 35.4 Å². The number of nitrogens with one attached hydrogen (secondary N) is 2. The Labute approximate surface area is 142 Å². The molecule has 128 valence electrons.